The van der Waals surface area contributed by atoms with Crippen LogP contribution in [0.3, 0.4) is 0 Å². The molecule has 0 aliphatic carbocycles. The van der Waals surface area contributed by atoms with Gasteiger partial charge in [-0.15, -0.1) is 0 Å². The Hall–Kier alpha value is -1.62. The molecule has 1 rings (SSSR count). The van der Waals surface area contributed by atoms with E-state index < -0.39 is 10.9 Å². The van der Waals surface area contributed by atoms with Gasteiger partial charge in [-0.3, -0.25) is 14.9 Å². The molecule has 6 heteroatoms. The lowest BCUT2D eigenvalue weighted by Gasteiger charge is -2.06. The molecule has 0 aliphatic heterocycles. The van der Waals surface area contributed by atoms with E-state index in [1.54, 1.807) is 0 Å². The quantitative estimate of drug-likeness (QED) is 0.359. The van der Waals surface area contributed by atoms with Crippen LogP contribution in [0.5, 0.6) is 5.75 Å². The molecular weight excluding hydrogens is 246 g/mol. The first-order chi connectivity index (χ1) is 7.90. The van der Waals surface area contributed by atoms with Crippen LogP contribution in [0.2, 0.25) is 5.02 Å². The van der Waals surface area contributed by atoms with Gasteiger partial charge in [0.2, 0.25) is 0 Å². The van der Waals surface area contributed by atoms with E-state index in [0.29, 0.717) is 0 Å². The number of carbonyl (C=O) groups is 1. The third-order valence-electron chi connectivity index (χ3n) is 1.92. The summed E-state index contributed by atoms with van der Waals surface area (Å²) in [5.41, 5.74) is -0.276. The molecule has 0 radical (unpaired) electrons. The monoisotopic (exact) mass is 257 g/mol. The normalized spacial score (nSPS) is 10.4. The molecule has 0 spiro atoms. The Morgan fingerprint density at radius 1 is 1.53 bits per heavy atom. The average molecular weight is 258 g/mol. The van der Waals surface area contributed by atoms with Crippen LogP contribution in [0.4, 0.5) is 5.69 Å². The third kappa shape index (κ3) is 4.03. The topological polar surface area (TPSA) is 69.4 Å². The molecule has 0 amide bonds. The van der Waals surface area contributed by atoms with E-state index in [4.69, 9.17) is 16.3 Å². The highest BCUT2D eigenvalue weighted by atomic mass is 35.5. The number of hydrogen-bond donors (Lipinski definition) is 0. The fourth-order valence-corrected chi connectivity index (χ4v) is 1.39. The van der Waals surface area contributed by atoms with Crippen LogP contribution >= 0.6 is 11.6 Å². The minimum atomic E-state index is -0.623. The zero-order valence-electron chi connectivity index (χ0n) is 9.47. The average Bonchev–Trinajstić information content (AvgIpc) is 2.19. The summed E-state index contributed by atoms with van der Waals surface area (Å²) in [4.78, 5) is 21.4. The van der Waals surface area contributed by atoms with Gasteiger partial charge in [0.25, 0.3) is 5.69 Å². The van der Waals surface area contributed by atoms with Gasteiger partial charge in [-0.25, -0.2) is 0 Å². The summed E-state index contributed by atoms with van der Waals surface area (Å²) in [6.45, 7) is 3.76. The predicted molar refractivity (Wildman–Crippen MR) is 63.2 cm³/mol. The summed E-state index contributed by atoms with van der Waals surface area (Å²) < 4.78 is 4.97. The molecule has 5 nitrogen and oxygen atoms in total. The molecule has 1 aromatic carbocycles. The van der Waals surface area contributed by atoms with E-state index in [9.17, 15) is 14.9 Å². The predicted octanol–water partition coefficient (Wildman–Crippen LogP) is 3.20. The van der Waals surface area contributed by atoms with Gasteiger partial charge in [0.1, 0.15) is 10.8 Å². The van der Waals surface area contributed by atoms with Crippen molar-refractivity contribution < 1.29 is 14.5 Å². The Morgan fingerprint density at radius 3 is 2.71 bits per heavy atom. The fraction of sp³-hybridized carbons (Fsp3) is 0.364. The van der Waals surface area contributed by atoms with Crippen LogP contribution in [0, 0.1) is 16.0 Å². The molecule has 17 heavy (non-hydrogen) atoms. The van der Waals surface area contributed by atoms with Crippen LogP contribution in [-0.2, 0) is 4.79 Å². The van der Waals surface area contributed by atoms with Gasteiger partial charge in [0, 0.05) is 6.42 Å². The number of hydrogen-bond acceptors (Lipinski definition) is 4. The number of nitro benzene ring substituents is 1. The van der Waals surface area contributed by atoms with Crippen LogP contribution < -0.4 is 4.74 Å². The number of nitrogens with zero attached hydrogens (tertiary/aromatic N) is 1. The van der Waals surface area contributed by atoms with E-state index in [1.165, 1.54) is 12.1 Å². The first-order valence-electron chi connectivity index (χ1n) is 5.04. The molecular formula is C11H12ClNO4. The minimum Gasteiger partial charge on any atom is -0.426 e. The molecule has 0 aliphatic rings. The van der Waals surface area contributed by atoms with Crippen LogP contribution in [0.25, 0.3) is 0 Å². The Kier molecular flexibility index (Phi) is 4.45. The largest absolute Gasteiger partial charge is 0.426 e. The summed E-state index contributed by atoms with van der Waals surface area (Å²) in [5.74, 6) is -0.117. The van der Waals surface area contributed by atoms with Crippen LogP contribution in [0.15, 0.2) is 18.2 Å². The van der Waals surface area contributed by atoms with Crippen molar-refractivity contribution in [1.82, 2.24) is 0 Å². The van der Waals surface area contributed by atoms with Crippen molar-refractivity contribution >= 4 is 23.3 Å². The lowest BCUT2D eigenvalue weighted by Crippen LogP contribution is -2.10. The highest BCUT2D eigenvalue weighted by molar-refractivity contribution is 6.32. The summed E-state index contributed by atoms with van der Waals surface area (Å²) in [7, 11) is 0. The van der Waals surface area contributed by atoms with Crippen LogP contribution in [0.1, 0.15) is 20.3 Å². The van der Waals surface area contributed by atoms with E-state index in [0.717, 1.165) is 6.07 Å². The van der Waals surface area contributed by atoms with E-state index in [-0.39, 0.29) is 28.8 Å². The maximum absolute atomic E-state index is 11.4. The Balaban J connectivity index is 2.82. The van der Waals surface area contributed by atoms with Gasteiger partial charge in [0.05, 0.1) is 11.0 Å². The zero-order chi connectivity index (χ0) is 13.0. The SMILES string of the molecule is CC(C)CC(=O)Oc1ccc(Cl)c([N+](=O)[O-])c1. The number of benzene rings is 1. The molecule has 92 valence electrons. The van der Waals surface area contributed by atoms with Crippen molar-refractivity contribution in [1.29, 1.82) is 0 Å². The van der Waals surface area contributed by atoms with Gasteiger partial charge in [-0.1, -0.05) is 25.4 Å². The number of carbonyl (C=O) groups excluding carboxylic acids is 1. The molecule has 0 aromatic heterocycles. The molecule has 0 atom stereocenters. The molecule has 0 bridgehead atoms. The second kappa shape index (κ2) is 5.63. The highest BCUT2D eigenvalue weighted by Crippen LogP contribution is 2.28. The first kappa shape index (κ1) is 13.4. The number of halogens is 1. The molecule has 0 heterocycles. The number of esters is 1. The van der Waals surface area contributed by atoms with Crippen LogP contribution in [-0.4, -0.2) is 10.9 Å². The maximum Gasteiger partial charge on any atom is 0.311 e. The van der Waals surface area contributed by atoms with E-state index in [1.807, 2.05) is 13.8 Å². The van der Waals surface area contributed by atoms with Gasteiger partial charge in [-0.2, -0.15) is 0 Å². The van der Waals surface area contributed by atoms with Crippen molar-refractivity contribution in [3.8, 4) is 5.75 Å². The van der Waals surface area contributed by atoms with Crippen molar-refractivity contribution in [2.45, 2.75) is 20.3 Å². The summed E-state index contributed by atoms with van der Waals surface area (Å²) >= 11 is 5.63. The highest BCUT2D eigenvalue weighted by Gasteiger charge is 2.15. The van der Waals surface area contributed by atoms with Gasteiger partial charge in [0.15, 0.2) is 0 Å². The fourth-order valence-electron chi connectivity index (χ4n) is 1.20. The molecule has 1 aromatic rings. The lowest BCUT2D eigenvalue weighted by molar-refractivity contribution is -0.384. The molecule has 0 N–H and O–H groups in total. The number of nitro groups is 1. The second-order valence-corrected chi connectivity index (χ2v) is 4.35. The summed E-state index contributed by atoms with van der Waals surface area (Å²) in [6, 6.07) is 3.89. The summed E-state index contributed by atoms with van der Waals surface area (Å²) in [5, 5.41) is 10.6. The molecule has 0 saturated heterocycles. The Bertz CT molecular complexity index is 445. The molecule has 0 unspecified atom stereocenters. The third-order valence-corrected chi connectivity index (χ3v) is 2.24. The molecule has 0 fully saturated rings. The van der Waals surface area contributed by atoms with Crippen molar-refractivity contribution in [3.05, 3.63) is 33.3 Å². The maximum atomic E-state index is 11.4. The zero-order valence-corrected chi connectivity index (χ0v) is 10.2. The van der Waals surface area contributed by atoms with Crippen molar-refractivity contribution in [3.63, 3.8) is 0 Å². The molecule has 0 saturated carbocycles. The first-order valence-corrected chi connectivity index (χ1v) is 5.42. The minimum absolute atomic E-state index is 0.0126. The lowest BCUT2D eigenvalue weighted by atomic mass is 10.1. The van der Waals surface area contributed by atoms with Gasteiger partial charge in [-0.05, 0) is 18.1 Å². The van der Waals surface area contributed by atoms with E-state index in [2.05, 4.69) is 0 Å². The second-order valence-electron chi connectivity index (χ2n) is 3.94. The Labute approximate surface area is 103 Å². The number of rotatable bonds is 4. The van der Waals surface area contributed by atoms with E-state index >= 15 is 0 Å². The number of ether oxygens (including phenoxy) is 1. The summed E-state index contributed by atoms with van der Waals surface area (Å²) in [6.07, 6.45) is 0.260. The standard InChI is InChI=1S/C11H12ClNO4/c1-7(2)5-11(14)17-8-3-4-9(12)10(6-8)13(15)16/h3-4,6-7H,5H2,1-2H3. The van der Waals surface area contributed by atoms with Gasteiger partial charge >= 0.3 is 5.97 Å². The Morgan fingerprint density at radius 2 is 2.18 bits per heavy atom. The van der Waals surface area contributed by atoms with Crippen molar-refractivity contribution in [2.24, 2.45) is 5.92 Å². The smallest absolute Gasteiger partial charge is 0.311 e. The van der Waals surface area contributed by atoms with Gasteiger partial charge < -0.3 is 4.74 Å². The van der Waals surface area contributed by atoms with Crippen molar-refractivity contribution in [2.75, 3.05) is 0 Å².